The van der Waals surface area contributed by atoms with Crippen LogP contribution in [0.5, 0.6) is 0 Å². The minimum atomic E-state index is -0.0187. The first-order chi connectivity index (χ1) is 16.5. The maximum absolute atomic E-state index is 13.2. The number of carbonyl (C=O) groups excluding carboxylic acids is 1. The van der Waals surface area contributed by atoms with Gasteiger partial charge in [-0.15, -0.1) is 11.3 Å². The fourth-order valence-corrected chi connectivity index (χ4v) is 6.48. The second kappa shape index (κ2) is 9.88. The van der Waals surface area contributed by atoms with Gasteiger partial charge in [-0.1, -0.05) is 48.4 Å². The first-order valence-corrected chi connectivity index (χ1v) is 13.7. The monoisotopic (exact) mass is 493 g/mol. The van der Waals surface area contributed by atoms with Gasteiger partial charge in [-0.2, -0.15) is 10.1 Å². The van der Waals surface area contributed by atoms with E-state index in [2.05, 4.69) is 65.8 Å². The molecular formula is C26H31N5OS2. The Morgan fingerprint density at radius 3 is 2.79 bits per heavy atom. The number of hydrogen-bond acceptors (Lipinski definition) is 6. The van der Waals surface area contributed by atoms with Crippen LogP contribution in [-0.4, -0.2) is 33.8 Å². The highest BCUT2D eigenvalue weighted by molar-refractivity contribution is 7.22. The number of thiazole rings is 1. The van der Waals surface area contributed by atoms with Gasteiger partial charge in [0.15, 0.2) is 10.8 Å². The number of nitrogens with one attached hydrogen (secondary N) is 1. The second-order valence-electron chi connectivity index (χ2n) is 9.13. The van der Waals surface area contributed by atoms with Gasteiger partial charge in [0.25, 0.3) is 0 Å². The number of carbonyl (C=O) groups is 1. The molecule has 8 heteroatoms. The Morgan fingerprint density at radius 1 is 1.24 bits per heavy atom. The zero-order valence-corrected chi connectivity index (χ0v) is 21.6. The van der Waals surface area contributed by atoms with Crippen LogP contribution in [-0.2, 0) is 4.79 Å². The molecule has 178 valence electrons. The molecule has 0 aliphatic carbocycles. The molecular weight excluding hydrogens is 462 g/mol. The average molecular weight is 494 g/mol. The number of hydrogen-bond donors (Lipinski definition) is 1. The summed E-state index contributed by atoms with van der Waals surface area (Å²) in [6.07, 6.45) is 3.93. The number of nitrogens with zero attached hydrogens (tertiary/aromatic N) is 4. The number of aryl methyl sites for hydroxylation is 2. The third-order valence-electron chi connectivity index (χ3n) is 6.50. The molecule has 1 amide bonds. The third kappa shape index (κ3) is 4.61. The van der Waals surface area contributed by atoms with Gasteiger partial charge < -0.3 is 10.2 Å². The average Bonchev–Trinajstić information content (AvgIpc) is 3.58. The highest BCUT2D eigenvalue weighted by atomic mass is 32.1. The van der Waals surface area contributed by atoms with Gasteiger partial charge >= 0.3 is 0 Å². The summed E-state index contributed by atoms with van der Waals surface area (Å²) in [5.74, 6) is 0.148. The first kappa shape index (κ1) is 23.1. The highest BCUT2D eigenvalue weighted by Crippen LogP contribution is 2.35. The largest absolute Gasteiger partial charge is 0.348 e. The summed E-state index contributed by atoms with van der Waals surface area (Å²) in [7, 11) is 0. The van der Waals surface area contributed by atoms with Crippen molar-refractivity contribution in [3.05, 3.63) is 57.9 Å². The van der Waals surface area contributed by atoms with E-state index in [1.54, 1.807) is 22.7 Å². The van der Waals surface area contributed by atoms with Crippen LogP contribution in [0.4, 0.5) is 5.13 Å². The molecule has 5 rings (SSSR count). The maximum atomic E-state index is 13.2. The van der Waals surface area contributed by atoms with Gasteiger partial charge in [0.2, 0.25) is 5.91 Å². The molecule has 4 aromatic rings. The standard InChI is InChI=1S/C26H31N5OS2/c1-4-7-21(22-9-6-15-33-22)27-25(32)19-8-5-14-30(16-19)26-28-24-23(34-26)18(3)29-31(24)20-12-10-17(2)11-13-20/h6,9-13,15,19,21H,4-5,7-8,14,16H2,1-3H3,(H,27,32)/t19-,21-/m1/s1. The lowest BCUT2D eigenvalue weighted by Crippen LogP contribution is -2.44. The Labute approximate surface area is 208 Å². The maximum Gasteiger partial charge on any atom is 0.225 e. The number of benzene rings is 1. The summed E-state index contributed by atoms with van der Waals surface area (Å²) in [6.45, 7) is 7.94. The number of rotatable bonds is 7. The van der Waals surface area contributed by atoms with Crippen LogP contribution in [0.15, 0.2) is 41.8 Å². The first-order valence-electron chi connectivity index (χ1n) is 12.1. The lowest BCUT2D eigenvalue weighted by Gasteiger charge is -2.32. The zero-order chi connectivity index (χ0) is 23.7. The van der Waals surface area contributed by atoms with E-state index in [9.17, 15) is 4.79 Å². The molecule has 4 heterocycles. The van der Waals surface area contributed by atoms with Crippen LogP contribution in [0.3, 0.4) is 0 Å². The second-order valence-corrected chi connectivity index (χ2v) is 11.1. The topological polar surface area (TPSA) is 63.1 Å². The molecule has 1 N–H and O–H groups in total. The number of thiophene rings is 1. The van der Waals surface area contributed by atoms with Crippen molar-refractivity contribution in [3.63, 3.8) is 0 Å². The van der Waals surface area contributed by atoms with Crippen molar-refractivity contribution in [2.75, 3.05) is 18.0 Å². The molecule has 1 aromatic carbocycles. The van der Waals surface area contributed by atoms with E-state index < -0.39 is 0 Å². The van der Waals surface area contributed by atoms with E-state index in [-0.39, 0.29) is 17.9 Å². The summed E-state index contributed by atoms with van der Waals surface area (Å²) in [6, 6.07) is 12.7. The lowest BCUT2D eigenvalue weighted by atomic mass is 9.96. The smallest absolute Gasteiger partial charge is 0.225 e. The number of anilines is 1. The quantitative estimate of drug-likeness (QED) is 0.341. The van der Waals surface area contributed by atoms with Gasteiger partial charge in [-0.3, -0.25) is 4.79 Å². The predicted octanol–water partition coefficient (Wildman–Crippen LogP) is 6.03. The van der Waals surface area contributed by atoms with E-state index >= 15 is 0 Å². The van der Waals surface area contributed by atoms with E-state index in [4.69, 9.17) is 10.1 Å². The summed E-state index contributed by atoms with van der Waals surface area (Å²) < 4.78 is 3.05. The van der Waals surface area contributed by atoms with Crippen LogP contribution < -0.4 is 10.2 Å². The Bertz CT molecular complexity index is 1260. The van der Waals surface area contributed by atoms with Crippen molar-refractivity contribution in [1.29, 1.82) is 0 Å². The van der Waals surface area contributed by atoms with Crippen LogP contribution in [0.25, 0.3) is 16.0 Å². The van der Waals surface area contributed by atoms with E-state index in [0.717, 1.165) is 59.1 Å². The summed E-state index contributed by atoms with van der Waals surface area (Å²) >= 11 is 3.40. The normalized spacial score (nSPS) is 17.3. The molecule has 3 aromatic heterocycles. The van der Waals surface area contributed by atoms with Gasteiger partial charge in [-0.25, -0.2) is 4.68 Å². The molecule has 1 aliphatic rings. The summed E-state index contributed by atoms with van der Waals surface area (Å²) in [4.78, 5) is 21.8. The van der Waals surface area contributed by atoms with Crippen LogP contribution in [0.1, 0.15) is 54.8 Å². The molecule has 0 saturated carbocycles. The van der Waals surface area contributed by atoms with Crippen molar-refractivity contribution in [1.82, 2.24) is 20.1 Å². The fraction of sp³-hybridized carbons (Fsp3) is 0.423. The molecule has 2 atom stereocenters. The van der Waals surface area contributed by atoms with Crippen LogP contribution in [0.2, 0.25) is 0 Å². The number of piperidine rings is 1. The number of fused-ring (bicyclic) bond motifs is 1. The van der Waals surface area contributed by atoms with Crippen molar-refractivity contribution >= 4 is 44.1 Å². The SMILES string of the molecule is CCC[C@@H](NC(=O)[C@@H]1CCCN(c2nc3c(s2)c(C)nn3-c2ccc(C)cc2)C1)c1cccs1. The van der Waals surface area contributed by atoms with E-state index in [1.807, 2.05) is 11.6 Å². The van der Waals surface area contributed by atoms with Crippen molar-refractivity contribution in [3.8, 4) is 5.69 Å². The summed E-state index contributed by atoms with van der Waals surface area (Å²) in [5.41, 5.74) is 4.13. The molecule has 1 fully saturated rings. The van der Waals surface area contributed by atoms with Gasteiger partial charge in [0.1, 0.15) is 0 Å². The third-order valence-corrected chi connectivity index (χ3v) is 8.70. The minimum absolute atomic E-state index is 0.0187. The molecule has 0 bridgehead atoms. The molecule has 0 spiro atoms. The van der Waals surface area contributed by atoms with Crippen molar-refractivity contribution < 1.29 is 4.79 Å². The zero-order valence-electron chi connectivity index (χ0n) is 20.0. The van der Waals surface area contributed by atoms with E-state index in [0.29, 0.717) is 6.54 Å². The fourth-order valence-electron chi connectivity index (χ4n) is 4.64. The van der Waals surface area contributed by atoms with Crippen molar-refractivity contribution in [2.24, 2.45) is 5.92 Å². The molecule has 6 nitrogen and oxygen atoms in total. The van der Waals surface area contributed by atoms with Crippen LogP contribution >= 0.6 is 22.7 Å². The molecule has 1 saturated heterocycles. The van der Waals surface area contributed by atoms with Gasteiger partial charge in [-0.05, 0) is 56.7 Å². The molecule has 1 aliphatic heterocycles. The lowest BCUT2D eigenvalue weighted by molar-refractivity contribution is -0.126. The Hall–Kier alpha value is -2.71. The Kier molecular flexibility index (Phi) is 6.70. The molecule has 34 heavy (non-hydrogen) atoms. The highest BCUT2D eigenvalue weighted by Gasteiger charge is 2.30. The van der Waals surface area contributed by atoms with Gasteiger partial charge in [0.05, 0.1) is 28.0 Å². The Morgan fingerprint density at radius 2 is 2.06 bits per heavy atom. The summed E-state index contributed by atoms with van der Waals surface area (Å²) in [5, 5.41) is 11.1. The minimum Gasteiger partial charge on any atom is -0.348 e. The number of aromatic nitrogens is 3. The van der Waals surface area contributed by atoms with Crippen molar-refractivity contribution in [2.45, 2.75) is 52.5 Å². The Balaban J connectivity index is 1.34. The van der Waals surface area contributed by atoms with Crippen LogP contribution in [0, 0.1) is 19.8 Å². The molecule has 0 unspecified atom stereocenters. The molecule has 0 radical (unpaired) electrons. The predicted molar refractivity (Wildman–Crippen MR) is 141 cm³/mol. The van der Waals surface area contributed by atoms with E-state index in [1.165, 1.54) is 10.4 Å². The van der Waals surface area contributed by atoms with Gasteiger partial charge in [0, 0.05) is 18.0 Å². The number of amides is 1.